The molecule has 6 heteroatoms. The predicted molar refractivity (Wildman–Crippen MR) is 29.1 cm³/mol. The van der Waals surface area contributed by atoms with Gasteiger partial charge < -0.3 is 15.3 Å². The molecule has 0 amide bonds. The van der Waals surface area contributed by atoms with Crippen molar-refractivity contribution in [2.75, 3.05) is 0 Å². The molecule has 4 nitrogen and oxygen atoms in total. The van der Waals surface area contributed by atoms with Gasteiger partial charge in [0.2, 0.25) is 17.3 Å². The zero-order valence-corrected chi connectivity index (χ0v) is 5.04. The molecular formula is C5H3F2NO3. The van der Waals surface area contributed by atoms with Crippen LogP contribution >= 0.6 is 0 Å². The Morgan fingerprint density at radius 3 is 2.09 bits per heavy atom. The number of rotatable bonds is 0. The van der Waals surface area contributed by atoms with Crippen molar-refractivity contribution in [1.82, 2.24) is 4.98 Å². The fraction of sp³-hybridized carbons (Fsp3) is 0. The van der Waals surface area contributed by atoms with Crippen LogP contribution in [0, 0.1) is 11.8 Å². The van der Waals surface area contributed by atoms with Gasteiger partial charge in [0.05, 0.1) is 0 Å². The van der Waals surface area contributed by atoms with Crippen molar-refractivity contribution in [3.63, 3.8) is 0 Å². The molecule has 0 unspecified atom stereocenters. The molecule has 0 fully saturated rings. The molecule has 0 saturated heterocycles. The number of aromatic hydroxyl groups is 3. The maximum absolute atomic E-state index is 12.3. The number of halogens is 2. The van der Waals surface area contributed by atoms with Crippen LogP contribution in [-0.2, 0) is 0 Å². The summed E-state index contributed by atoms with van der Waals surface area (Å²) in [4.78, 5) is 2.58. The van der Waals surface area contributed by atoms with Crippen molar-refractivity contribution in [3.8, 4) is 17.4 Å². The maximum Gasteiger partial charge on any atom is 0.261 e. The standard InChI is InChI=1S/C5H3F2NO3/c6-1-2(9)4(7)8-5(11)3(1)10/h9-10H,(H,8,11). The second kappa shape index (κ2) is 2.22. The molecule has 0 bridgehead atoms. The molecule has 0 aliphatic rings. The summed E-state index contributed by atoms with van der Waals surface area (Å²) in [6.07, 6.45) is 0. The summed E-state index contributed by atoms with van der Waals surface area (Å²) < 4.78 is 24.5. The lowest BCUT2D eigenvalue weighted by molar-refractivity contribution is 0.321. The number of hydrogen-bond acceptors (Lipinski definition) is 4. The molecule has 0 aromatic carbocycles. The molecule has 0 radical (unpaired) electrons. The summed E-state index contributed by atoms with van der Waals surface area (Å²) >= 11 is 0. The average molecular weight is 163 g/mol. The van der Waals surface area contributed by atoms with Crippen molar-refractivity contribution in [2.45, 2.75) is 0 Å². The van der Waals surface area contributed by atoms with Crippen LogP contribution in [0.5, 0.6) is 17.4 Å². The van der Waals surface area contributed by atoms with E-state index in [4.69, 9.17) is 15.3 Å². The van der Waals surface area contributed by atoms with E-state index in [0.29, 0.717) is 0 Å². The Kier molecular flexibility index (Phi) is 1.52. The van der Waals surface area contributed by atoms with Crippen LogP contribution in [0.3, 0.4) is 0 Å². The Morgan fingerprint density at radius 1 is 1.00 bits per heavy atom. The highest BCUT2D eigenvalue weighted by Crippen LogP contribution is 2.32. The average Bonchev–Trinajstić information content (AvgIpc) is 1.97. The third-order valence-corrected chi connectivity index (χ3v) is 1.03. The van der Waals surface area contributed by atoms with Gasteiger partial charge in [-0.05, 0) is 0 Å². The molecule has 1 aromatic rings. The van der Waals surface area contributed by atoms with Crippen molar-refractivity contribution >= 4 is 0 Å². The summed E-state index contributed by atoms with van der Waals surface area (Å²) in [5.74, 6) is -7.09. The van der Waals surface area contributed by atoms with Gasteiger partial charge in [-0.2, -0.15) is 13.8 Å². The van der Waals surface area contributed by atoms with Crippen LogP contribution in [0.4, 0.5) is 8.78 Å². The minimum absolute atomic E-state index is 1.20. The molecule has 0 aliphatic carbocycles. The van der Waals surface area contributed by atoms with Crippen LogP contribution < -0.4 is 0 Å². The van der Waals surface area contributed by atoms with E-state index < -0.39 is 29.1 Å². The topological polar surface area (TPSA) is 73.6 Å². The lowest BCUT2D eigenvalue weighted by Gasteiger charge is -1.99. The van der Waals surface area contributed by atoms with E-state index in [-0.39, 0.29) is 0 Å². The summed E-state index contributed by atoms with van der Waals surface area (Å²) in [6.45, 7) is 0. The van der Waals surface area contributed by atoms with Crippen molar-refractivity contribution in [1.29, 1.82) is 0 Å². The molecule has 60 valence electrons. The Morgan fingerprint density at radius 2 is 1.55 bits per heavy atom. The fourth-order valence-electron chi connectivity index (χ4n) is 0.500. The second-order valence-electron chi connectivity index (χ2n) is 1.74. The smallest absolute Gasteiger partial charge is 0.261 e. The minimum atomic E-state index is -1.63. The third kappa shape index (κ3) is 1.02. The Bertz CT molecular complexity index is 276. The quantitative estimate of drug-likeness (QED) is 0.486. The lowest BCUT2D eigenvalue weighted by atomic mass is 10.4. The zero-order valence-electron chi connectivity index (χ0n) is 5.04. The van der Waals surface area contributed by atoms with E-state index >= 15 is 0 Å². The monoisotopic (exact) mass is 163 g/mol. The van der Waals surface area contributed by atoms with Crippen molar-refractivity contribution < 1.29 is 24.1 Å². The number of pyridine rings is 1. The van der Waals surface area contributed by atoms with E-state index in [9.17, 15) is 8.78 Å². The zero-order chi connectivity index (χ0) is 8.59. The van der Waals surface area contributed by atoms with E-state index in [1.54, 1.807) is 0 Å². The van der Waals surface area contributed by atoms with E-state index in [1.165, 1.54) is 0 Å². The molecule has 0 saturated carbocycles. The first kappa shape index (κ1) is 7.52. The van der Waals surface area contributed by atoms with Gasteiger partial charge >= 0.3 is 0 Å². The van der Waals surface area contributed by atoms with E-state index in [2.05, 4.69) is 4.98 Å². The minimum Gasteiger partial charge on any atom is -0.502 e. The van der Waals surface area contributed by atoms with Crippen LogP contribution in [-0.4, -0.2) is 20.3 Å². The number of nitrogens with zero attached hydrogens (tertiary/aromatic N) is 1. The van der Waals surface area contributed by atoms with Gasteiger partial charge in [-0.15, -0.1) is 0 Å². The normalized spacial score (nSPS) is 10.0. The Hall–Kier alpha value is -1.59. The van der Waals surface area contributed by atoms with Crippen molar-refractivity contribution in [3.05, 3.63) is 11.8 Å². The molecule has 0 atom stereocenters. The Balaban J connectivity index is 3.46. The molecular weight excluding hydrogens is 160 g/mol. The van der Waals surface area contributed by atoms with Crippen LogP contribution in [0.1, 0.15) is 0 Å². The van der Waals surface area contributed by atoms with Crippen LogP contribution in [0.15, 0.2) is 0 Å². The van der Waals surface area contributed by atoms with Crippen LogP contribution in [0.25, 0.3) is 0 Å². The summed E-state index contributed by atoms with van der Waals surface area (Å²) in [5.41, 5.74) is 0. The third-order valence-electron chi connectivity index (χ3n) is 1.03. The van der Waals surface area contributed by atoms with E-state index in [1.807, 2.05) is 0 Å². The fourth-order valence-corrected chi connectivity index (χ4v) is 0.500. The molecule has 1 rings (SSSR count). The largest absolute Gasteiger partial charge is 0.502 e. The van der Waals surface area contributed by atoms with Gasteiger partial charge in [-0.3, -0.25) is 0 Å². The van der Waals surface area contributed by atoms with Gasteiger partial charge in [0.15, 0.2) is 0 Å². The highest BCUT2D eigenvalue weighted by molar-refractivity contribution is 5.39. The molecule has 1 aromatic heterocycles. The van der Waals surface area contributed by atoms with Crippen LogP contribution in [0.2, 0.25) is 0 Å². The van der Waals surface area contributed by atoms with Gasteiger partial charge in [0, 0.05) is 0 Å². The predicted octanol–water partition coefficient (Wildman–Crippen LogP) is 0.477. The molecule has 1 heterocycles. The number of aromatic nitrogens is 1. The number of hydrogen-bond donors (Lipinski definition) is 3. The first-order valence-electron chi connectivity index (χ1n) is 2.50. The highest BCUT2D eigenvalue weighted by Gasteiger charge is 2.18. The molecule has 11 heavy (non-hydrogen) atoms. The maximum atomic E-state index is 12.3. The second-order valence-corrected chi connectivity index (χ2v) is 1.74. The van der Waals surface area contributed by atoms with E-state index in [0.717, 1.165) is 0 Å². The van der Waals surface area contributed by atoms with Gasteiger partial charge in [-0.1, -0.05) is 0 Å². The SMILES string of the molecule is Oc1nc(F)c(O)c(F)c1O. The summed E-state index contributed by atoms with van der Waals surface area (Å²) in [7, 11) is 0. The van der Waals surface area contributed by atoms with Crippen molar-refractivity contribution in [2.24, 2.45) is 0 Å². The molecule has 0 spiro atoms. The summed E-state index contributed by atoms with van der Waals surface area (Å²) in [5, 5.41) is 25.4. The molecule has 0 aliphatic heterocycles. The van der Waals surface area contributed by atoms with Gasteiger partial charge in [-0.25, -0.2) is 0 Å². The first-order valence-corrected chi connectivity index (χ1v) is 2.50. The first-order chi connectivity index (χ1) is 5.04. The highest BCUT2D eigenvalue weighted by atomic mass is 19.1. The van der Waals surface area contributed by atoms with Gasteiger partial charge in [0.1, 0.15) is 0 Å². The van der Waals surface area contributed by atoms with Gasteiger partial charge in [0.25, 0.3) is 11.8 Å². The lowest BCUT2D eigenvalue weighted by Crippen LogP contribution is -1.89. The Labute approximate surface area is 59.4 Å². The summed E-state index contributed by atoms with van der Waals surface area (Å²) in [6, 6.07) is 0. The molecule has 3 N–H and O–H groups in total.